The molecule has 1 fully saturated rings. The van der Waals surface area contributed by atoms with Crippen LogP contribution in [0.1, 0.15) is 31.7 Å². The van der Waals surface area contributed by atoms with Gasteiger partial charge in [-0.2, -0.15) is 5.26 Å². The van der Waals surface area contributed by atoms with Gasteiger partial charge >= 0.3 is 0 Å². The van der Waals surface area contributed by atoms with Gasteiger partial charge < -0.3 is 9.84 Å². The van der Waals surface area contributed by atoms with Crippen molar-refractivity contribution in [2.24, 2.45) is 11.3 Å². The minimum absolute atomic E-state index is 0.154. The molecule has 1 aromatic rings. The average Bonchev–Trinajstić information content (AvgIpc) is 2.79. The summed E-state index contributed by atoms with van der Waals surface area (Å²) in [6.07, 6.45) is 3.26. The second-order valence-electron chi connectivity index (χ2n) is 5.98. The third-order valence-corrected chi connectivity index (χ3v) is 4.99. The number of fused-ring (bicyclic) bond motifs is 1. The van der Waals surface area contributed by atoms with E-state index in [9.17, 15) is 10.4 Å². The lowest BCUT2D eigenvalue weighted by Gasteiger charge is -2.45. The molecule has 0 radical (unpaired) electrons. The molecule has 0 saturated heterocycles. The number of para-hydroxylation sites is 1. The third-order valence-electron chi connectivity index (χ3n) is 4.99. The van der Waals surface area contributed by atoms with Crippen LogP contribution in [-0.4, -0.2) is 17.3 Å². The topological polar surface area (TPSA) is 53.2 Å². The second-order valence-corrected chi connectivity index (χ2v) is 5.98. The predicted molar refractivity (Wildman–Crippen MR) is 71.7 cm³/mol. The molecule has 0 spiro atoms. The summed E-state index contributed by atoms with van der Waals surface area (Å²) in [4.78, 5) is 0. The van der Waals surface area contributed by atoms with Gasteiger partial charge in [-0.1, -0.05) is 31.5 Å². The van der Waals surface area contributed by atoms with Crippen LogP contribution in [0.5, 0.6) is 5.75 Å². The molecule has 1 aromatic carbocycles. The van der Waals surface area contributed by atoms with Gasteiger partial charge in [0.25, 0.3) is 0 Å². The van der Waals surface area contributed by atoms with Crippen molar-refractivity contribution in [2.45, 2.75) is 38.2 Å². The summed E-state index contributed by atoms with van der Waals surface area (Å²) in [5.74, 6) is 1.00. The van der Waals surface area contributed by atoms with E-state index in [1.54, 1.807) is 0 Å². The van der Waals surface area contributed by atoms with E-state index in [-0.39, 0.29) is 5.92 Å². The van der Waals surface area contributed by atoms with Gasteiger partial charge in [-0.25, -0.2) is 0 Å². The van der Waals surface area contributed by atoms with Crippen molar-refractivity contribution in [2.75, 3.05) is 6.61 Å². The Bertz CT molecular complexity index is 536. The molecule has 0 bridgehead atoms. The zero-order chi connectivity index (χ0) is 13.5. The van der Waals surface area contributed by atoms with E-state index < -0.39 is 11.0 Å². The number of hydrogen-bond acceptors (Lipinski definition) is 3. The van der Waals surface area contributed by atoms with Gasteiger partial charge in [-0.15, -0.1) is 0 Å². The molecule has 1 aliphatic carbocycles. The molecule has 100 valence electrons. The molecular weight excluding hydrogens is 238 g/mol. The summed E-state index contributed by atoms with van der Waals surface area (Å²) < 4.78 is 5.77. The molecule has 1 saturated carbocycles. The first kappa shape index (κ1) is 12.5. The van der Waals surface area contributed by atoms with Crippen molar-refractivity contribution in [3.8, 4) is 11.8 Å². The van der Waals surface area contributed by atoms with Crippen LogP contribution in [0.25, 0.3) is 0 Å². The van der Waals surface area contributed by atoms with Gasteiger partial charge in [-0.05, 0) is 30.4 Å². The SMILES string of the molecule is CC1CCCC1(O)C1(C#N)COc2ccccc2C1. The first-order chi connectivity index (χ1) is 9.11. The lowest BCUT2D eigenvalue weighted by Crippen LogP contribution is -2.55. The smallest absolute Gasteiger partial charge is 0.124 e. The fraction of sp³-hybridized carbons (Fsp3) is 0.562. The highest BCUT2D eigenvalue weighted by atomic mass is 16.5. The van der Waals surface area contributed by atoms with E-state index in [4.69, 9.17) is 4.74 Å². The summed E-state index contributed by atoms with van der Waals surface area (Å²) >= 11 is 0. The van der Waals surface area contributed by atoms with Gasteiger partial charge in [0.15, 0.2) is 0 Å². The Balaban J connectivity index is 2.01. The van der Waals surface area contributed by atoms with Crippen LogP contribution in [0.2, 0.25) is 0 Å². The fourth-order valence-electron chi connectivity index (χ4n) is 3.69. The molecule has 2 aliphatic rings. The Labute approximate surface area is 113 Å². The van der Waals surface area contributed by atoms with Crippen LogP contribution in [0, 0.1) is 22.7 Å². The predicted octanol–water partition coefficient (Wildman–Crippen LogP) is 2.68. The maximum absolute atomic E-state index is 11.1. The number of benzene rings is 1. The van der Waals surface area contributed by atoms with Gasteiger partial charge in [-0.3, -0.25) is 0 Å². The summed E-state index contributed by atoms with van der Waals surface area (Å²) in [5, 5.41) is 20.8. The molecule has 1 N–H and O–H groups in total. The van der Waals surface area contributed by atoms with Crippen molar-refractivity contribution in [3.63, 3.8) is 0 Å². The Morgan fingerprint density at radius 1 is 1.42 bits per heavy atom. The van der Waals surface area contributed by atoms with Crippen LogP contribution >= 0.6 is 0 Å². The fourth-order valence-corrected chi connectivity index (χ4v) is 3.69. The van der Waals surface area contributed by atoms with Crippen LogP contribution in [0.3, 0.4) is 0 Å². The average molecular weight is 257 g/mol. The normalized spacial score (nSPS) is 37.2. The van der Waals surface area contributed by atoms with Crippen molar-refractivity contribution >= 4 is 0 Å². The molecule has 3 rings (SSSR count). The zero-order valence-corrected chi connectivity index (χ0v) is 11.2. The van der Waals surface area contributed by atoms with Crippen molar-refractivity contribution in [1.29, 1.82) is 5.26 Å². The van der Waals surface area contributed by atoms with Gasteiger partial charge in [0.2, 0.25) is 0 Å². The van der Waals surface area contributed by atoms with E-state index >= 15 is 0 Å². The molecule has 0 amide bonds. The molecule has 3 atom stereocenters. The summed E-state index contributed by atoms with van der Waals surface area (Å²) in [6, 6.07) is 10.2. The molecular formula is C16H19NO2. The standard InChI is InChI=1S/C16H19NO2/c1-12-5-4-8-16(12,18)15(10-17)9-13-6-2-3-7-14(13)19-11-15/h2-3,6-7,12,18H,4-5,8-9,11H2,1H3. The van der Waals surface area contributed by atoms with Crippen LogP contribution < -0.4 is 4.74 Å². The van der Waals surface area contributed by atoms with Gasteiger partial charge in [0.1, 0.15) is 17.8 Å². The van der Waals surface area contributed by atoms with Crippen LogP contribution in [0.15, 0.2) is 24.3 Å². The molecule has 19 heavy (non-hydrogen) atoms. The quantitative estimate of drug-likeness (QED) is 0.841. The number of ether oxygens (including phenoxy) is 1. The minimum Gasteiger partial charge on any atom is -0.492 e. The summed E-state index contributed by atoms with van der Waals surface area (Å²) in [7, 11) is 0. The third kappa shape index (κ3) is 1.67. The number of nitrogens with zero attached hydrogens (tertiary/aromatic N) is 1. The second kappa shape index (κ2) is 4.25. The van der Waals surface area contributed by atoms with Crippen LogP contribution in [0.4, 0.5) is 0 Å². The number of hydrogen-bond donors (Lipinski definition) is 1. The number of aliphatic hydroxyl groups is 1. The Morgan fingerprint density at radius 3 is 2.89 bits per heavy atom. The number of nitriles is 1. The molecule has 3 nitrogen and oxygen atoms in total. The molecule has 3 unspecified atom stereocenters. The number of rotatable bonds is 1. The highest BCUT2D eigenvalue weighted by molar-refractivity contribution is 5.39. The molecule has 1 heterocycles. The van der Waals surface area contributed by atoms with E-state index in [1.807, 2.05) is 31.2 Å². The van der Waals surface area contributed by atoms with Crippen molar-refractivity contribution in [3.05, 3.63) is 29.8 Å². The van der Waals surface area contributed by atoms with E-state index in [1.165, 1.54) is 0 Å². The summed E-state index contributed by atoms with van der Waals surface area (Å²) in [5.41, 5.74) is -0.699. The maximum Gasteiger partial charge on any atom is 0.124 e. The largest absolute Gasteiger partial charge is 0.492 e. The Morgan fingerprint density at radius 2 is 2.21 bits per heavy atom. The van der Waals surface area contributed by atoms with Crippen molar-refractivity contribution in [1.82, 2.24) is 0 Å². The summed E-state index contributed by atoms with van der Waals surface area (Å²) in [6.45, 7) is 2.34. The first-order valence-corrected chi connectivity index (χ1v) is 6.96. The van der Waals surface area contributed by atoms with E-state index in [0.29, 0.717) is 19.4 Å². The molecule has 3 heteroatoms. The van der Waals surface area contributed by atoms with E-state index in [2.05, 4.69) is 6.07 Å². The highest BCUT2D eigenvalue weighted by Gasteiger charge is 2.57. The lowest BCUT2D eigenvalue weighted by molar-refractivity contribution is -0.102. The molecule has 0 aromatic heterocycles. The van der Waals surface area contributed by atoms with E-state index in [0.717, 1.165) is 24.2 Å². The van der Waals surface area contributed by atoms with Crippen molar-refractivity contribution < 1.29 is 9.84 Å². The maximum atomic E-state index is 11.1. The first-order valence-electron chi connectivity index (χ1n) is 6.96. The van der Waals surface area contributed by atoms with Gasteiger partial charge in [0.05, 0.1) is 11.7 Å². The van der Waals surface area contributed by atoms with Gasteiger partial charge in [0, 0.05) is 6.42 Å². The monoisotopic (exact) mass is 257 g/mol. The minimum atomic E-state index is -0.921. The Kier molecular flexibility index (Phi) is 2.79. The Hall–Kier alpha value is -1.53. The zero-order valence-electron chi connectivity index (χ0n) is 11.2. The highest BCUT2D eigenvalue weighted by Crippen LogP contribution is 2.51. The lowest BCUT2D eigenvalue weighted by atomic mass is 9.64. The van der Waals surface area contributed by atoms with Crippen LogP contribution in [-0.2, 0) is 6.42 Å². The molecule has 1 aliphatic heterocycles.